The Kier molecular flexibility index (Phi) is 9.79. The molecule has 1 aromatic rings. The molecular formula is C12H18BrCl2F3N2S. The average molecular weight is 430 g/mol. The molecule has 0 spiro atoms. The van der Waals surface area contributed by atoms with Crippen LogP contribution in [0.5, 0.6) is 0 Å². The molecule has 1 atom stereocenters. The summed E-state index contributed by atoms with van der Waals surface area (Å²) in [5, 5.41) is 5.15. The maximum atomic E-state index is 12.5. The minimum Gasteiger partial charge on any atom is -0.314 e. The minimum absolute atomic E-state index is 0. The highest BCUT2D eigenvalue weighted by Crippen LogP contribution is 2.37. The van der Waals surface area contributed by atoms with Gasteiger partial charge in [-0.05, 0) is 33.8 Å². The minimum atomic E-state index is -4.09. The number of hydrogen-bond donors (Lipinski definition) is 1. The number of rotatable bonds is 4. The van der Waals surface area contributed by atoms with Gasteiger partial charge in [-0.1, -0.05) is 0 Å². The van der Waals surface area contributed by atoms with Crippen LogP contribution in [0.2, 0.25) is 0 Å². The van der Waals surface area contributed by atoms with Crippen molar-refractivity contribution in [2.75, 3.05) is 26.2 Å². The summed E-state index contributed by atoms with van der Waals surface area (Å²) in [5.74, 6) is 0. The van der Waals surface area contributed by atoms with Gasteiger partial charge in [-0.2, -0.15) is 13.2 Å². The van der Waals surface area contributed by atoms with Crippen LogP contribution >= 0.6 is 52.1 Å². The Morgan fingerprint density at radius 1 is 1.29 bits per heavy atom. The predicted octanol–water partition coefficient (Wildman–Crippen LogP) is 4.64. The van der Waals surface area contributed by atoms with Gasteiger partial charge < -0.3 is 5.32 Å². The number of halogens is 6. The molecule has 2 rings (SSSR count). The van der Waals surface area contributed by atoms with Crippen LogP contribution in [0.1, 0.15) is 23.8 Å². The molecule has 9 heteroatoms. The highest BCUT2D eigenvalue weighted by molar-refractivity contribution is 9.10. The third kappa shape index (κ3) is 6.62. The van der Waals surface area contributed by atoms with Crippen molar-refractivity contribution in [3.63, 3.8) is 0 Å². The Balaban J connectivity index is 0.00000200. The first-order chi connectivity index (χ1) is 8.97. The summed E-state index contributed by atoms with van der Waals surface area (Å²) in [6.45, 7) is 3.27. The van der Waals surface area contributed by atoms with Gasteiger partial charge in [0.2, 0.25) is 0 Å². The highest BCUT2D eigenvalue weighted by atomic mass is 79.9. The quantitative estimate of drug-likeness (QED) is 0.749. The molecule has 1 fully saturated rings. The summed E-state index contributed by atoms with van der Waals surface area (Å²) in [4.78, 5) is 3.16. The molecule has 0 aromatic carbocycles. The topological polar surface area (TPSA) is 15.3 Å². The van der Waals surface area contributed by atoms with Gasteiger partial charge in [-0.3, -0.25) is 4.90 Å². The van der Waals surface area contributed by atoms with Crippen LogP contribution in [-0.2, 0) is 0 Å². The molecule has 0 saturated carbocycles. The SMILES string of the molecule is Cl.Cl.FC(F)(F)CC[C@H](c1sccc1Br)N1CCNCC1. The Labute approximate surface area is 147 Å². The first-order valence-corrected chi connectivity index (χ1v) is 7.89. The molecule has 1 saturated heterocycles. The average Bonchev–Trinajstić information content (AvgIpc) is 2.76. The van der Waals surface area contributed by atoms with Crippen molar-refractivity contribution in [3.05, 3.63) is 20.8 Å². The lowest BCUT2D eigenvalue weighted by molar-refractivity contribution is -0.138. The largest absolute Gasteiger partial charge is 0.389 e. The van der Waals surface area contributed by atoms with Crippen molar-refractivity contribution < 1.29 is 13.2 Å². The van der Waals surface area contributed by atoms with E-state index in [-0.39, 0.29) is 37.3 Å². The summed E-state index contributed by atoms with van der Waals surface area (Å²) in [6, 6.07) is 1.76. The van der Waals surface area contributed by atoms with Gasteiger partial charge in [0.1, 0.15) is 0 Å². The van der Waals surface area contributed by atoms with E-state index in [9.17, 15) is 13.2 Å². The smallest absolute Gasteiger partial charge is 0.314 e. The molecule has 1 aliphatic heterocycles. The van der Waals surface area contributed by atoms with E-state index in [1.807, 2.05) is 11.4 Å². The van der Waals surface area contributed by atoms with E-state index in [0.29, 0.717) is 0 Å². The molecular weight excluding hydrogens is 412 g/mol. The number of alkyl halides is 3. The van der Waals surface area contributed by atoms with E-state index >= 15 is 0 Å². The second-order valence-corrected chi connectivity index (χ2v) is 6.39. The van der Waals surface area contributed by atoms with Gasteiger partial charge in [-0.25, -0.2) is 0 Å². The van der Waals surface area contributed by atoms with E-state index in [1.54, 1.807) is 0 Å². The zero-order valence-electron chi connectivity index (χ0n) is 11.2. The first kappa shape index (κ1) is 21.5. The molecule has 0 amide bonds. The molecule has 1 aromatic heterocycles. The summed E-state index contributed by atoms with van der Waals surface area (Å²) in [7, 11) is 0. The normalized spacial score (nSPS) is 17.7. The lowest BCUT2D eigenvalue weighted by Gasteiger charge is -2.35. The first-order valence-electron chi connectivity index (χ1n) is 6.22. The van der Waals surface area contributed by atoms with Gasteiger partial charge in [0.05, 0.1) is 0 Å². The summed E-state index contributed by atoms with van der Waals surface area (Å²) < 4.78 is 38.4. The Morgan fingerprint density at radius 3 is 2.38 bits per heavy atom. The molecule has 0 bridgehead atoms. The number of nitrogens with one attached hydrogen (secondary N) is 1. The molecule has 124 valence electrons. The van der Waals surface area contributed by atoms with Gasteiger partial charge >= 0.3 is 6.18 Å². The number of piperazine rings is 1. The molecule has 1 aliphatic rings. The fourth-order valence-electron chi connectivity index (χ4n) is 2.32. The van der Waals surface area contributed by atoms with Crippen molar-refractivity contribution in [1.29, 1.82) is 0 Å². The third-order valence-corrected chi connectivity index (χ3v) is 5.21. The zero-order chi connectivity index (χ0) is 13.9. The summed E-state index contributed by atoms with van der Waals surface area (Å²) in [6.07, 6.45) is -4.69. The van der Waals surface area contributed by atoms with Gasteiger partial charge in [0.25, 0.3) is 0 Å². The Hall–Kier alpha value is 0.470. The number of thiophene rings is 1. The predicted molar refractivity (Wildman–Crippen MR) is 89.0 cm³/mol. The van der Waals surface area contributed by atoms with E-state index in [4.69, 9.17) is 0 Å². The van der Waals surface area contributed by atoms with Crippen LogP contribution in [0, 0.1) is 0 Å². The van der Waals surface area contributed by atoms with Gasteiger partial charge in [-0.15, -0.1) is 36.2 Å². The van der Waals surface area contributed by atoms with Crippen LogP contribution in [0.25, 0.3) is 0 Å². The summed E-state index contributed by atoms with van der Waals surface area (Å²) >= 11 is 4.97. The number of hydrogen-bond acceptors (Lipinski definition) is 3. The second-order valence-electron chi connectivity index (χ2n) is 4.59. The standard InChI is InChI=1S/C12H16BrF3N2S.2ClH/c13-9-2-8-19-11(9)10(1-3-12(14,15)16)18-6-4-17-5-7-18;;/h2,8,10,17H,1,3-7H2;2*1H/t10-;;/m1../s1. The van der Waals surface area contributed by atoms with Crippen molar-refractivity contribution in [3.8, 4) is 0 Å². The Bertz CT molecular complexity index is 411. The van der Waals surface area contributed by atoms with Crippen molar-refractivity contribution >= 4 is 52.1 Å². The zero-order valence-corrected chi connectivity index (χ0v) is 15.2. The van der Waals surface area contributed by atoms with Crippen LogP contribution in [-0.4, -0.2) is 37.3 Å². The molecule has 0 aliphatic carbocycles. The number of nitrogens with zero attached hydrogens (tertiary/aromatic N) is 1. The van der Waals surface area contributed by atoms with Crippen LogP contribution in [0.4, 0.5) is 13.2 Å². The molecule has 21 heavy (non-hydrogen) atoms. The van der Waals surface area contributed by atoms with Crippen molar-refractivity contribution in [2.24, 2.45) is 0 Å². The van der Waals surface area contributed by atoms with Crippen LogP contribution < -0.4 is 5.32 Å². The third-order valence-electron chi connectivity index (χ3n) is 3.24. The molecule has 2 heterocycles. The van der Waals surface area contributed by atoms with E-state index < -0.39 is 12.6 Å². The highest BCUT2D eigenvalue weighted by Gasteiger charge is 2.32. The van der Waals surface area contributed by atoms with E-state index in [2.05, 4.69) is 26.1 Å². The van der Waals surface area contributed by atoms with Crippen LogP contribution in [0.3, 0.4) is 0 Å². The van der Waals surface area contributed by atoms with Crippen LogP contribution in [0.15, 0.2) is 15.9 Å². The van der Waals surface area contributed by atoms with Gasteiger partial charge in [0.15, 0.2) is 0 Å². The van der Waals surface area contributed by atoms with Crippen molar-refractivity contribution in [1.82, 2.24) is 10.2 Å². The molecule has 0 radical (unpaired) electrons. The molecule has 2 nitrogen and oxygen atoms in total. The lowest BCUT2D eigenvalue weighted by Crippen LogP contribution is -2.45. The maximum absolute atomic E-state index is 12.5. The van der Waals surface area contributed by atoms with Gasteiger partial charge in [0, 0.05) is 48.0 Å². The second kappa shape index (κ2) is 9.57. The molecule has 1 N–H and O–H groups in total. The fraction of sp³-hybridized carbons (Fsp3) is 0.667. The van der Waals surface area contributed by atoms with Crippen molar-refractivity contribution in [2.45, 2.75) is 25.1 Å². The lowest BCUT2D eigenvalue weighted by atomic mass is 10.1. The summed E-state index contributed by atoms with van der Waals surface area (Å²) in [5.41, 5.74) is 0. The fourth-order valence-corrected chi connectivity index (χ4v) is 4.12. The maximum Gasteiger partial charge on any atom is 0.389 e. The molecule has 0 unspecified atom stereocenters. The van der Waals surface area contributed by atoms with E-state index in [0.717, 1.165) is 35.5 Å². The van der Waals surface area contributed by atoms with E-state index in [1.165, 1.54) is 11.3 Å². The Morgan fingerprint density at radius 2 is 1.90 bits per heavy atom. The monoisotopic (exact) mass is 428 g/mol.